The molecule has 0 amide bonds. The zero-order chi connectivity index (χ0) is 11.7. The minimum atomic E-state index is -2.82. The van der Waals surface area contributed by atoms with E-state index in [1.165, 1.54) is 0 Å². The Morgan fingerprint density at radius 2 is 2.07 bits per heavy atom. The maximum absolute atomic E-state index is 11.4. The minimum Gasteiger partial charge on any atom is -0.396 e. The van der Waals surface area contributed by atoms with E-state index in [9.17, 15) is 8.42 Å². The van der Waals surface area contributed by atoms with Crippen LogP contribution in [0.5, 0.6) is 0 Å². The molecular weight excluding hydrogens is 214 g/mol. The predicted molar refractivity (Wildman–Crippen MR) is 60.6 cm³/mol. The molecule has 15 heavy (non-hydrogen) atoms. The van der Waals surface area contributed by atoms with E-state index in [0.717, 1.165) is 0 Å². The van der Waals surface area contributed by atoms with E-state index in [1.54, 1.807) is 0 Å². The molecule has 1 atom stereocenters. The smallest absolute Gasteiger partial charge is 0.151 e. The van der Waals surface area contributed by atoms with E-state index < -0.39 is 9.84 Å². The zero-order valence-corrected chi connectivity index (χ0v) is 10.5. The van der Waals surface area contributed by atoms with Gasteiger partial charge in [0.05, 0.1) is 11.5 Å². The summed E-state index contributed by atoms with van der Waals surface area (Å²) in [5.41, 5.74) is -0.140. The fourth-order valence-electron chi connectivity index (χ4n) is 2.03. The van der Waals surface area contributed by atoms with Crippen molar-refractivity contribution >= 4 is 9.84 Å². The van der Waals surface area contributed by atoms with E-state index in [1.807, 2.05) is 20.9 Å². The van der Waals surface area contributed by atoms with Gasteiger partial charge in [-0.1, -0.05) is 0 Å². The molecule has 0 spiro atoms. The van der Waals surface area contributed by atoms with E-state index >= 15 is 0 Å². The molecule has 1 N–H and O–H groups in total. The van der Waals surface area contributed by atoms with Crippen LogP contribution in [0, 0.1) is 0 Å². The zero-order valence-electron chi connectivity index (χ0n) is 9.73. The highest BCUT2D eigenvalue weighted by atomic mass is 32.2. The topological polar surface area (TPSA) is 57.6 Å². The molecule has 1 aliphatic rings. The first-order valence-corrected chi connectivity index (χ1v) is 7.15. The molecule has 1 heterocycles. The van der Waals surface area contributed by atoms with Gasteiger partial charge >= 0.3 is 0 Å². The average molecular weight is 235 g/mol. The molecule has 0 saturated carbocycles. The summed E-state index contributed by atoms with van der Waals surface area (Å²) in [4.78, 5) is 2.09. The number of hydrogen-bond donors (Lipinski definition) is 1. The second kappa shape index (κ2) is 4.39. The Bertz CT molecular complexity index is 311. The number of hydrogen-bond acceptors (Lipinski definition) is 4. The van der Waals surface area contributed by atoms with Crippen LogP contribution in [0.15, 0.2) is 0 Å². The van der Waals surface area contributed by atoms with Gasteiger partial charge in [0.15, 0.2) is 9.84 Å². The standard InChI is InChI=1S/C10H21NO3S/c1-10(2,5-6-12)11(3)9-4-7-15(13,14)8-9/h9,12H,4-8H2,1-3H3. The third-order valence-electron chi connectivity index (χ3n) is 3.43. The second-order valence-electron chi connectivity index (χ2n) is 4.95. The van der Waals surface area contributed by atoms with Crippen LogP contribution < -0.4 is 0 Å². The van der Waals surface area contributed by atoms with Gasteiger partial charge < -0.3 is 5.11 Å². The van der Waals surface area contributed by atoms with Crippen molar-refractivity contribution < 1.29 is 13.5 Å². The highest BCUT2D eigenvalue weighted by Gasteiger charge is 2.36. The van der Waals surface area contributed by atoms with Gasteiger partial charge in [-0.05, 0) is 33.7 Å². The van der Waals surface area contributed by atoms with E-state index in [-0.39, 0.29) is 23.9 Å². The van der Waals surface area contributed by atoms with Crippen LogP contribution in [0.2, 0.25) is 0 Å². The van der Waals surface area contributed by atoms with Crippen molar-refractivity contribution in [2.75, 3.05) is 25.2 Å². The predicted octanol–water partition coefficient (Wildman–Crippen LogP) is 0.266. The van der Waals surface area contributed by atoms with E-state index in [0.29, 0.717) is 18.6 Å². The lowest BCUT2D eigenvalue weighted by atomic mass is 9.97. The monoisotopic (exact) mass is 235 g/mol. The van der Waals surface area contributed by atoms with Gasteiger partial charge in [-0.15, -0.1) is 0 Å². The Hall–Kier alpha value is -0.130. The van der Waals surface area contributed by atoms with Gasteiger partial charge in [-0.3, -0.25) is 4.90 Å². The third-order valence-corrected chi connectivity index (χ3v) is 5.18. The summed E-state index contributed by atoms with van der Waals surface area (Å²) in [5, 5.41) is 8.95. The highest BCUT2D eigenvalue weighted by molar-refractivity contribution is 7.91. The largest absolute Gasteiger partial charge is 0.396 e. The minimum absolute atomic E-state index is 0.108. The molecular formula is C10H21NO3S. The molecule has 0 radical (unpaired) electrons. The molecule has 5 heteroatoms. The summed E-state index contributed by atoms with van der Waals surface area (Å²) in [6, 6.07) is 0.108. The quantitative estimate of drug-likeness (QED) is 0.760. The average Bonchev–Trinajstić information content (AvgIpc) is 2.44. The first-order valence-electron chi connectivity index (χ1n) is 5.33. The van der Waals surface area contributed by atoms with Crippen molar-refractivity contribution in [3.05, 3.63) is 0 Å². The van der Waals surface area contributed by atoms with Crippen LogP contribution in [0.4, 0.5) is 0 Å². The number of aliphatic hydroxyl groups is 1. The summed E-state index contributed by atoms with van der Waals surface area (Å²) >= 11 is 0. The Labute approximate surface area is 92.2 Å². The third kappa shape index (κ3) is 3.16. The van der Waals surface area contributed by atoms with Gasteiger partial charge in [0.1, 0.15) is 0 Å². The van der Waals surface area contributed by atoms with Crippen molar-refractivity contribution in [1.82, 2.24) is 4.90 Å². The first-order chi connectivity index (χ1) is 6.78. The van der Waals surface area contributed by atoms with Gasteiger partial charge in [0, 0.05) is 18.2 Å². The van der Waals surface area contributed by atoms with Crippen LogP contribution >= 0.6 is 0 Å². The molecule has 1 unspecified atom stereocenters. The van der Waals surface area contributed by atoms with Crippen molar-refractivity contribution in [2.24, 2.45) is 0 Å². The summed E-state index contributed by atoms with van der Waals surface area (Å²) in [7, 11) is -0.874. The van der Waals surface area contributed by atoms with Crippen LogP contribution in [0.3, 0.4) is 0 Å². The molecule has 0 aliphatic carbocycles. The Balaban J connectivity index is 2.66. The van der Waals surface area contributed by atoms with Gasteiger partial charge in [-0.2, -0.15) is 0 Å². The van der Waals surface area contributed by atoms with Crippen molar-refractivity contribution in [3.63, 3.8) is 0 Å². The molecule has 0 aromatic rings. The highest BCUT2D eigenvalue weighted by Crippen LogP contribution is 2.25. The van der Waals surface area contributed by atoms with Crippen LogP contribution in [-0.2, 0) is 9.84 Å². The maximum atomic E-state index is 11.4. The van der Waals surface area contributed by atoms with Crippen molar-refractivity contribution in [1.29, 1.82) is 0 Å². The Kier molecular flexibility index (Phi) is 3.79. The summed E-state index contributed by atoms with van der Waals surface area (Å²) in [5.74, 6) is 0.565. The van der Waals surface area contributed by atoms with Gasteiger partial charge in [0.2, 0.25) is 0 Å². The first kappa shape index (κ1) is 12.9. The number of rotatable bonds is 4. The van der Waals surface area contributed by atoms with E-state index in [4.69, 9.17) is 5.11 Å². The van der Waals surface area contributed by atoms with E-state index in [2.05, 4.69) is 4.90 Å². The van der Waals surface area contributed by atoms with Crippen LogP contribution in [-0.4, -0.2) is 55.2 Å². The van der Waals surface area contributed by atoms with Crippen molar-refractivity contribution in [2.45, 2.75) is 38.3 Å². The van der Waals surface area contributed by atoms with Crippen LogP contribution in [0.25, 0.3) is 0 Å². The molecule has 1 aliphatic heterocycles. The molecule has 1 rings (SSSR count). The molecule has 1 fully saturated rings. The lowest BCUT2D eigenvalue weighted by Crippen LogP contribution is -2.48. The lowest BCUT2D eigenvalue weighted by Gasteiger charge is -2.39. The molecule has 0 bridgehead atoms. The molecule has 90 valence electrons. The fraction of sp³-hybridized carbons (Fsp3) is 1.00. The number of aliphatic hydroxyl groups excluding tert-OH is 1. The summed E-state index contributed by atoms with van der Waals surface area (Å²) in [6.07, 6.45) is 1.38. The van der Waals surface area contributed by atoms with Gasteiger partial charge in [-0.25, -0.2) is 8.42 Å². The SMILES string of the molecule is CN(C1CCS(=O)(=O)C1)C(C)(C)CCO. The number of nitrogens with zero attached hydrogens (tertiary/aromatic N) is 1. The second-order valence-corrected chi connectivity index (χ2v) is 7.18. The van der Waals surface area contributed by atoms with Gasteiger partial charge in [0.25, 0.3) is 0 Å². The lowest BCUT2D eigenvalue weighted by molar-refractivity contribution is 0.0842. The fourth-order valence-corrected chi connectivity index (χ4v) is 3.80. The Morgan fingerprint density at radius 3 is 2.47 bits per heavy atom. The molecule has 1 saturated heterocycles. The van der Waals surface area contributed by atoms with Crippen LogP contribution in [0.1, 0.15) is 26.7 Å². The summed E-state index contributed by atoms with van der Waals surface area (Å²) in [6.45, 7) is 4.21. The Morgan fingerprint density at radius 1 is 1.47 bits per heavy atom. The maximum Gasteiger partial charge on any atom is 0.151 e. The molecule has 0 aromatic heterocycles. The molecule has 4 nitrogen and oxygen atoms in total. The summed E-state index contributed by atoms with van der Waals surface area (Å²) < 4.78 is 22.7. The normalized spacial score (nSPS) is 26.1. The molecule has 0 aromatic carbocycles. The van der Waals surface area contributed by atoms with Crippen molar-refractivity contribution in [3.8, 4) is 0 Å². The number of sulfone groups is 1.